The molecule has 0 aromatic heterocycles. The summed E-state index contributed by atoms with van der Waals surface area (Å²) in [6, 6.07) is 0. The van der Waals surface area contributed by atoms with Crippen LogP contribution in [0.4, 0.5) is 0 Å². The molecule has 0 aliphatic heterocycles. The van der Waals surface area contributed by atoms with E-state index >= 15 is 0 Å². The summed E-state index contributed by atoms with van der Waals surface area (Å²) in [5.74, 6) is 0. The summed E-state index contributed by atoms with van der Waals surface area (Å²) >= 11 is 0. The van der Waals surface area contributed by atoms with Crippen LogP contribution in [0.2, 0.25) is 0 Å². The summed E-state index contributed by atoms with van der Waals surface area (Å²) in [6.07, 6.45) is 3.44. The van der Waals surface area contributed by atoms with Crippen molar-refractivity contribution in [1.82, 2.24) is 0 Å². The Bertz CT molecular complexity index is 151. The first kappa shape index (κ1) is 17.8. The molecule has 0 heterocycles. The van der Waals surface area contributed by atoms with Gasteiger partial charge in [0, 0.05) is 0 Å². The molecular formula is C8H21CaO4P. The van der Waals surface area contributed by atoms with E-state index in [1.807, 2.05) is 13.8 Å². The molecule has 0 fully saturated rings. The predicted octanol–water partition coefficient (Wildman–Crippen LogP) is 1.80. The molecule has 0 saturated carbocycles. The fraction of sp³-hybridized carbons (Fsp3) is 1.00. The first-order valence-electron chi connectivity index (χ1n) is 4.74. The molecule has 0 aliphatic rings. The Kier molecular flexibility index (Phi) is 13.8. The van der Waals surface area contributed by atoms with E-state index in [0.29, 0.717) is 0 Å². The van der Waals surface area contributed by atoms with Crippen LogP contribution in [0, 0.1) is 0 Å². The second-order valence-corrected chi connectivity index (χ2v) is 4.30. The Labute approximate surface area is 116 Å². The molecule has 0 rings (SSSR count). The topological polar surface area (TPSA) is 55.8 Å². The second kappa shape index (κ2) is 10.9. The number of unbranched alkanes of at least 4 members (excludes halogenated alkanes) is 2. The molecule has 4 nitrogen and oxygen atoms in total. The molecule has 0 atom stereocenters. The molecule has 0 radical (unpaired) electrons. The fourth-order valence-electron chi connectivity index (χ4n) is 0.686. The average molecular weight is 252 g/mol. The number of hydrogen-bond acceptors (Lipinski definition) is 3. The molecule has 0 spiro atoms. The van der Waals surface area contributed by atoms with Gasteiger partial charge < -0.3 is 4.89 Å². The van der Waals surface area contributed by atoms with Gasteiger partial charge in [-0.2, -0.15) is 0 Å². The second-order valence-electron chi connectivity index (χ2n) is 2.84. The molecule has 0 bridgehead atoms. The van der Waals surface area contributed by atoms with Crippen LogP contribution >= 0.6 is 7.82 Å². The van der Waals surface area contributed by atoms with E-state index in [1.54, 1.807) is 0 Å². The molecule has 14 heavy (non-hydrogen) atoms. The molecule has 0 saturated heterocycles. The van der Waals surface area contributed by atoms with E-state index in [1.165, 1.54) is 0 Å². The van der Waals surface area contributed by atoms with E-state index in [0.717, 1.165) is 25.7 Å². The van der Waals surface area contributed by atoms with Gasteiger partial charge in [0.15, 0.2) is 0 Å². The van der Waals surface area contributed by atoms with Crippen molar-refractivity contribution >= 4 is 45.6 Å². The summed E-state index contributed by atoms with van der Waals surface area (Å²) in [4.78, 5) is 9.08. The third-order valence-corrected chi connectivity index (χ3v) is 2.52. The van der Waals surface area contributed by atoms with Crippen LogP contribution < -0.4 is 0 Å². The molecule has 1 N–H and O–H groups in total. The van der Waals surface area contributed by atoms with Gasteiger partial charge in [0.1, 0.15) is 0 Å². The number of hydrogen-bond donors (Lipinski definition) is 1. The molecule has 0 aliphatic carbocycles. The zero-order valence-electron chi connectivity index (χ0n) is 8.36. The summed E-state index contributed by atoms with van der Waals surface area (Å²) < 4.78 is 20.5. The molecule has 0 unspecified atom stereocenters. The summed E-state index contributed by atoms with van der Waals surface area (Å²) in [5.41, 5.74) is 0. The van der Waals surface area contributed by atoms with Crippen LogP contribution in [0.25, 0.3) is 0 Å². The molecule has 0 aromatic rings. The summed E-state index contributed by atoms with van der Waals surface area (Å²) in [6.45, 7) is 4.56. The van der Waals surface area contributed by atoms with Crippen molar-refractivity contribution in [2.24, 2.45) is 0 Å². The van der Waals surface area contributed by atoms with Gasteiger partial charge in [-0.05, 0) is 12.8 Å². The minimum absolute atomic E-state index is 0. The van der Waals surface area contributed by atoms with Crippen molar-refractivity contribution in [3.05, 3.63) is 0 Å². The zero-order chi connectivity index (χ0) is 10.2. The van der Waals surface area contributed by atoms with Crippen molar-refractivity contribution in [2.45, 2.75) is 39.5 Å². The standard InChI is InChI=1S/C8H19O4P.Ca.2H/c1-3-5-7-11-13(9,10)12-8-6-4-2;;;/h3-8H2,1-2H3,(H,9,10);;;. The van der Waals surface area contributed by atoms with Crippen LogP contribution in [-0.4, -0.2) is 55.8 Å². The Morgan fingerprint density at radius 2 is 1.43 bits per heavy atom. The van der Waals surface area contributed by atoms with Crippen molar-refractivity contribution in [1.29, 1.82) is 0 Å². The quantitative estimate of drug-likeness (QED) is 0.406. The van der Waals surface area contributed by atoms with Gasteiger partial charge in [0.25, 0.3) is 0 Å². The predicted molar refractivity (Wildman–Crippen MR) is 60.1 cm³/mol. The maximum absolute atomic E-state index is 11.1. The van der Waals surface area contributed by atoms with E-state index < -0.39 is 7.82 Å². The summed E-state index contributed by atoms with van der Waals surface area (Å²) in [5, 5.41) is 0. The van der Waals surface area contributed by atoms with Gasteiger partial charge in [-0.3, -0.25) is 9.05 Å². The van der Waals surface area contributed by atoms with E-state index in [2.05, 4.69) is 0 Å². The van der Waals surface area contributed by atoms with Crippen molar-refractivity contribution in [3.8, 4) is 0 Å². The first-order chi connectivity index (χ1) is 6.12. The normalized spacial score (nSPS) is 11.1. The van der Waals surface area contributed by atoms with Crippen LogP contribution in [-0.2, 0) is 13.6 Å². The Hall–Kier alpha value is 1.37. The minimum atomic E-state index is -3.75. The fourth-order valence-corrected chi connectivity index (χ4v) is 1.48. The Morgan fingerprint density at radius 1 is 1.07 bits per heavy atom. The van der Waals surface area contributed by atoms with Crippen LogP contribution in [0.5, 0.6) is 0 Å². The van der Waals surface area contributed by atoms with Gasteiger partial charge >= 0.3 is 45.6 Å². The van der Waals surface area contributed by atoms with Gasteiger partial charge in [-0.1, -0.05) is 26.7 Å². The molecular weight excluding hydrogens is 231 g/mol. The summed E-state index contributed by atoms with van der Waals surface area (Å²) in [7, 11) is -3.75. The van der Waals surface area contributed by atoms with Gasteiger partial charge in [0.2, 0.25) is 0 Å². The van der Waals surface area contributed by atoms with E-state index in [-0.39, 0.29) is 51.0 Å². The average Bonchev–Trinajstić information content (AvgIpc) is 2.05. The van der Waals surface area contributed by atoms with E-state index in [9.17, 15) is 4.57 Å². The third-order valence-electron chi connectivity index (χ3n) is 1.50. The number of rotatable bonds is 8. The SMILES string of the molecule is CCCCOP(=O)(O)OCCCC.[CaH2]. The Morgan fingerprint density at radius 3 is 1.71 bits per heavy atom. The number of phosphoric ester groups is 1. The zero-order valence-corrected chi connectivity index (χ0v) is 9.26. The van der Waals surface area contributed by atoms with Crippen LogP contribution in [0.15, 0.2) is 0 Å². The van der Waals surface area contributed by atoms with Gasteiger partial charge in [-0.25, -0.2) is 4.57 Å². The third kappa shape index (κ3) is 11.4. The number of phosphoric acid groups is 1. The van der Waals surface area contributed by atoms with Crippen molar-refractivity contribution in [2.75, 3.05) is 13.2 Å². The monoisotopic (exact) mass is 252 g/mol. The molecule has 84 valence electrons. The first-order valence-corrected chi connectivity index (χ1v) is 6.23. The molecule has 0 aromatic carbocycles. The van der Waals surface area contributed by atoms with E-state index in [4.69, 9.17) is 13.9 Å². The van der Waals surface area contributed by atoms with Crippen LogP contribution in [0.3, 0.4) is 0 Å². The van der Waals surface area contributed by atoms with Crippen molar-refractivity contribution < 1.29 is 18.5 Å². The van der Waals surface area contributed by atoms with Gasteiger partial charge in [-0.15, -0.1) is 0 Å². The van der Waals surface area contributed by atoms with Crippen molar-refractivity contribution in [3.63, 3.8) is 0 Å². The maximum atomic E-state index is 11.1. The molecule has 6 heteroatoms. The van der Waals surface area contributed by atoms with Crippen LogP contribution in [0.1, 0.15) is 39.5 Å². The van der Waals surface area contributed by atoms with Gasteiger partial charge in [0.05, 0.1) is 13.2 Å². The molecule has 0 amide bonds. The Balaban J connectivity index is 0.